The second-order valence-electron chi connectivity index (χ2n) is 10.7. The van der Waals surface area contributed by atoms with E-state index in [0.29, 0.717) is 11.3 Å². The van der Waals surface area contributed by atoms with Gasteiger partial charge in [-0.3, -0.25) is 4.98 Å². The van der Waals surface area contributed by atoms with Gasteiger partial charge in [-0.25, -0.2) is 8.93 Å². The number of halogens is 3. The van der Waals surface area contributed by atoms with Crippen molar-refractivity contribution >= 4 is 38.0 Å². The second kappa shape index (κ2) is 10.6. The quantitative estimate of drug-likeness (QED) is 0.237. The third kappa shape index (κ3) is 5.87. The molecule has 1 unspecified atom stereocenters. The Balaban J connectivity index is 1.88. The van der Waals surface area contributed by atoms with E-state index < -0.39 is 33.6 Å². The Morgan fingerprint density at radius 3 is 2.38 bits per heavy atom. The Morgan fingerprint density at radius 1 is 1.05 bits per heavy atom. The highest BCUT2D eigenvalue weighted by atomic mass is 32.2. The van der Waals surface area contributed by atoms with E-state index in [-0.39, 0.29) is 5.56 Å². The lowest BCUT2D eigenvalue weighted by molar-refractivity contribution is -0.258. The Labute approximate surface area is 233 Å². The molecule has 4 rings (SSSR count). The zero-order valence-electron chi connectivity index (χ0n) is 22.4. The maximum atomic E-state index is 13.5. The highest BCUT2D eigenvalue weighted by Gasteiger charge is 2.51. The summed E-state index contributed by atoms with van der Waals surface area (Å²) >= 11 is 1.46. The molecule has 9 heteroatoms. The van der Waals surface area contributed by atoms with Crippen LogP contribution in [0, 0.1) is 0 Å². The largest absolute Gasteiger partial charge is 0.421 e. The summed E-state index contributed by atoms with van der Waals surface area (Å²) in [5.41, 5.74) is 0.410. The minimum atomic E-state index is -4.84. The predicted octanol–water partition coefficient (Wildman–Crippen LogP) is 7.91. The molecule has 3 atom stereocenters. The number of nitrogens with zero attached hydrogens (tertiary/aromatic N) is 1. The summed E-state index contributed by atoms with van der Waals surface area (Å²) in [5.74, 6) is 0. The van der Waals surface area contributed by atoms with Crippen molar-refractivity contribution in [2.75, 3.05) is 0 Å². The SMILES string of the molecule is C=C(C)c1ccccc1C(N[S@@](=O)C(C)(C)C)c1cc2cccc(-c3cc([C@@](C)(O)C(F)(F)F)ccn3)c2s1. The number of fused-ring (bicyclic) bond motifs is 1. The number of pyridine rings is 1. The molecule has 0 bridgehead atoms. The van der Waals surface area contributed by atoms with Gasteiger partial charge >= 0.3 is 6.18 Å². The lowest BCUT2D eigenvalue weighted by Gasteiger charge is -2.26. The van der Waals surface area contributed by atoms with E-state index in [1.807, 2.05) is 70.2 Å². The van der Waals surface area contributed by atoms with Gasteiger partial charge in [-0.05, 0) is 74.9 Å². The van der Waals surface area contributed by atoms with Gasteiger partial charge in [-0.15, -0.1) is 11.3 Å². The molecule has 0 saturated heterocycles. The van der Waals surface area contributed by atoms with Crippen LogP contribution in [0.1, 0.15) is 62.2 Å². The number of benzene rings is 2. The molecule has 2 N–H and O–H groups in total. The van der Waals surface area contributed by atoms with Crippen LogP contribution in [0.15, 0.2) is 73.4 Å². The van der Waals surface area contributed by atoms with Gasteiger partial charge in [-0.1, -0.05) is 54.6 Å². The van der Waals surface area contributed by atoms with E-state index in [1.54, 1.807) is 6.07 Å². The maximum absolute atomic E-state index is 13.5. The van der Waals surface area contributed by atoms with Gasteiger partial charge in [0.1, 0.15) is 0 Å². The average molecular weight is 573 g/mol. The molecule has 39 heavy (non-hydrogen) atoms. The van der Waals surface area contributed by atoms with Crippen LogP contribution in [0.3, 0.4) is 0 Å². The first-order valence-corrected chi connectivity index (χ1v) is 14.3. The first kappa shape index (κ1) is 29.1. The maximum Gasteiger partial charge on any atom is 0.421 e. The van der Waals surface area contributed by atoms with Crippen molar-refractivity contribution in [1.82, 2.24) is 9.71 Å². The number of allylic oxidation sites excluding steroid dienone is 1. The molecule has 0 saturated carbocycles. The van der Waals surface area contributed by atoms with Crippen LogP contribution in [-0.4, -0.2) is 25.2 Å². The number of aliphatic hydroxyl groups is 1. The monoisotopic (exact) mass is 572 g/mol. The number of nitrogens with one attached hydrogen (secondary N) is 1. The number of rotatable bonds is 7. The minimum Gasteiger partial charge on any atom is -0.376 e. The van der Waals surface area contributed by atoms with E-state index in [1.165, 1.54) is 29.7 Å². The van der Waals surface area contributed by atoms with Crippen molar-refractivity contribution in [2.45, 2.75) is 57.2 Å². The van der Waals surface area contributed by atoms with E-state index in [4.69, 9.17) is 0 Å². The van der Waals surface area contributed by atoms with Crippen molar-refractivity contribution in [3.05, 3.63) is 95.0 Å². The molecular weight excluding hydrogens is 541 g/mol. The van der Waals surface area contributed by atoms with Crippen molar-refractivity contribution in [2.24, 2.45) is 0 Å². The zero-order valence-corrected chi connectivity index (χ0v) is 24.0. The third-order valence-electron chi connectivity index (χ3n) is 6.51. The molecule has 4 nitrogen and oxygen atoms in total. The number of aromatic nitrogens is 1. The predicted molar refractivity (Wildman–Crippen MR) is 155 cm³/mol. The fraction of sp³-hybridized carbons (Fsp3) is 0.300. The molecule has 0 aliphatic heterocycles. The number of hydrogen-bond donors (Lipinski definition) is 2. The zero-order chi connectivity index (χ0) is 28.8. The van der Waals surface area contributed by atoms with Crippen molar-refractivity contribution < 1.29 is 22.5 Å². The molecule has 206 valence electrons. The Kier molecular flexibility index (Phi) is 7.93. The molecule has 2 aromatic heterocycles. The highest BCUT2D eigenvalue weighted by Crippen LogP contribution is 2.42. The molecule has 0 aliphatic rings. The Bertz CT molecular complexity index is 1550. The topological polar surface area (TPSA) is 62.2 Å². The summed E-state index contributed by atoms with van der Waals surface area (Å²) in [6.07, 6.45) is -3.57. The summed E-state index contributed by atoms with van der Waals surface area (Å²) < 4.78 is 57.5. The smallest absolute Gasteiger partial charge is 0.376 e. The second-order valence-corrected chi connectivity index (χ2v) is 13.8. The van der Waals surface area contributed by atoms with Gasteiger partial charge in [0.2, 0.25) is 0 Å². The van der Waals surface area contributed by atoms with Crippen LogP contribution < -0.4 is 4.72 Å². The molecule has 0 radical (unpaired) electrons. The van der Waals surface area contributed by atoms with Crippen LogP contribution in [-0.2, 0) is 16.6 Å². The summed E-state index contributed by atoms with van der Waals surface area (Å²) in [4.78, 5) is 5.23. The first-order valence-electron chi connectivity index (χ1n) is 12.3. The van der Waals surface area contributed by atoms with E-state index in [9.17, 15) is 22.5 Å². The molecule has 0 aliphatic carbocycles. The molecule has 0 spiro atoms. The summed E-state index contributed by atoms with van der Waals surface area (Å²) in [6.45, 7) is 12.5. The van der Waals surface area contributed by atoms with Crippen LogP contribution in [0.2, 0.25) is 0 Å². The van der Waals surface area contributed by atoms with Crippen LogP contribution in [0.5, 0.6) is 0 Å². The standard InChI is InChI=1S/C30H31F3N2O2S2/c1-18(2)21-11-7-8-12-22(21)26(35-39(37)28(3,4)5)25-16-19-10-9-13-23(27(19)38-25)24-17-20(14-15-34-24)29(6,36)30(31,32)33/h7-17,26,35-36H,1H2,2-6H3/t26?,29-,39+/m1/s1. The summed E-state index contributed by atoms with van der Waals surface area (Å²) in [6, 6.07) is 17.4. The molecule has 2 aromatic carbocycles. The van der Waals surface area contributed by atoms with Gasteiger partial charge in [0.25, 0.3) is 0 Å². The molecule has 0 fully saturated rings. The van der Waals surface area contributed by atoms with Gasteiger partial charge in [0.15, 0.2) is 5.60 Å². The fourth-order valence-corrected chi connectivity index (χ4v) is 6.32. The van der Waals surface area contributed by atoms with E-state index in [2.05, 4.69) is 16.3 Å². The lowest BCUT2D eigenvalue weighted by atomic mass is 9.94. The Morgan fingerprint density at radius 2 is 1.74 bits per heavy atom. The molecule has 2 heterocycles. The lowest BCUT2D eigenvalue weighted by Crippen LogP contribution is -2.39. The summed E-state index contributed by atoms with van der Waals surface area (Å²) in [7, 11) is -1.39. The van der Waals surface area contributed by atoms with Gasteiger partial charge < -0.3 is 5.11 Å². The molecular formula is C30H31F3N2O2S2. The number of thiophene rings is 1. The number of alkyl halides is 3. The third-order valence-corrected chi connectivity index (χ3v) is 9.32. The van der Waals surface area contributed by atoms with E-state index >= 15 is 0 Å². The highest BCUT2D eigenvalue weighted by molar-refractivity contribution is 7.84. The molecule has 0 amide bonds. The first-order chi connectivity index (χ1) is 18.1. The molecule has 4 aromatic rings. The minimum absolute atomic E-state index is 0.288. The van der Waals surface area contributed by atoms with Crippen molar-refractivity contribution in [3.8, 4) is 11.3 Å². The number of hydrogen-bond acceptors (Lipinski definition) is 4. The van der Waals surface area contributed by atoms with E-state index in [0.717, 1.165) is 38.6 Å². The fourth-order valence-electron chi connectivity index (χ4n) is 4.17. The van der Waals surface area contributed by atoms with Gasteiger partial charge in [-0.2, -0.15) is 13.2 Å². The van der Waals surface area contributed by atoms with Crippen molar-refractivity contribution in [3.63, 3.8) is 0 Å². The van der Waals surface area contributed by atoms with Gasteiger partial charge in [0.05, 0.1) is 27.5 Å². The summed E-state index contributed by atoms with van der Waals surface area (Å²) in [5, 5.41) is 11.1. The van der Waals surface area contributed by atoms with Crippen LogP contribution in [0.4, 0.5) is 13.2 Å². The van der Waals surface area contributed by atoms with Gasteiger partial charge in [0, 0.05) is 21.3 Å². The van der Waals surface area contributed by atoms with Crippen LogP contribution in [0.25, 0.3) is 26.9 Å². The van der Waals surface area contributed by atoms with Crippen molar-refractivity contribution in [1.29, 1.82) is 0 Å². The normalized spacial score (nSPS) is 15.6. The average Bonchev–Trinajstić information content (AvgIpc) is 3.30. The Hall–Kier alpha value is -2.85. The van der Waals surface area contributed by atoms with Crippen LogP contribution >= 0.6 is 11.3 Å².